The van der Waals surface area contributed by atoms with Gasteiger partial charge in [-0.2, -0.15) is 0 Å². The van der Waals surface area contributed by atoms with Crippen LogP contribution in [0, 0.1) is 0 Å². The topological polar surface area (TPSA) is 64.6 Å². The predicted octanol–water partition coefficient (Wildman–Crippen LogP) is 4.40. The van der Waals surface area contributed by atoms with Crippen LogP contribution in [0.4, 0.5) is 5.69 Å². The molecule has 0 aliphatic heterocycles. The molecule has 138 valence electrons. The van der Waals surface area contributed by atoms with Crippen molar-refractivity contribution in [3.63, 3.8) is 0 Å². The molecule has 0 aromatic heterocycles. The van der Waals surface area contributed by atoms with Gasteiger partial charge in [0.25, 0.3) is 0 Å². The molecule has 7 heteroatoms. The lowest BCUT2D eigenvalue weighted by molar-refractivity contribution is -0.117. The normalized spacial score (nSPS) is 10.5. The smallest absolute Gasteiger partial charge is 0.226 e. The fourth-order valence-electron chi connectivity index (χ4n) is 2.32. The molecule has 0 spiro atoms. The van der Waals surface area contributed by atoms with E-state index in [4.69, 9.17) is 32.7 Å². The summed E-state index contributed by atoms with van der Waals surface area (Å²) in [4.78, 5) is 24.5. The van der Waals surface area contributed by atoms with Crippen LogP contribution in [0.25, 0.3) is 0 Å². The maximum Gasteiger partial charge on any atom is 0.226 e. The zero-order valence-electron chi connectivity index (χ0n) is 14.5. The van der Waals surface area contributed by atoms with E-state index in [1.165, 1.54) is 14.2 Å². The summed E-state index contributed by atoms with van der Waals surface area (Å²) in [5, 5.41) is 3.58. The minimum absolute atomic E-state index is 0.113. The Balaban J connectivity index is 2.17. The Morgan fingerprint density at radius 2 is 1.81 bits per heavy atom. The number of methoxy groups -OCH3 is 2. The van der Waals surface area contributed by atoms with E-state index >= 15 is 0 Å². The lowest BCUT2D eigenvalue weighted by Gasteiger charge is -2.12. The number of nitrogens with one attached hydrogen (secondary N) is 1. The van der Waals surface area contributed by atoms with Gasteiger partial charge >= 0.3 is 0 Å². The average Bonchev–Trinajstić information content (AvgIpc) is 2.63. The fraction of sp³-hybridized carbons (Fsp3) is 0.263. The van der Waals surface area contributed by atoms with Crippen molar-refractivity contribution >= 4 is 40.6 Å². The Morgan fingerprint density at radius 3 is 2.46 bits per heavy atom. The largest absolute Gasteiger partial charge is 0.495 e. The predicted molar refractivity (Wildman–Crippen MR) is 103 cm³/mol. The zero-order valence-corrected chi connectivity index (χ0v) is 16.0. The first kappa shape index (κ1) is 20.2. The average molecular weight is 396 g/mol. The number of ketones is 1. The van der Waals surface area contributed by atoms with Crippen molar-refractivity contribution in [3.05, 3.63) is 57.6 Å². The van der Waals surface area contributed by atoms with Crippen LogP contribution in [0.1, 0.15) is 22.3 Å². The Morgan fingerprint density at radius 1 is 1.04 bits per heavy atom. The van der Waals surface area contributed by atoms with Crippen LogP contribution < -0.4 is 10.1 Å². The molecule has 2 aromatic carbocycles. The highest BCUT2D eigenvalue weighted by Gasteiger charge is 2.13. The highest BCUT2D eigenvalue weighted by atomic mass is 35.5. The number of carbonyl (C=O) groups is 2. The summed E-state index contributed by atoms with van der Waals surface area (Å²) < 4.78 is 10.1. The second-order valence-corrected chi connectivity index (χ2v) is 6.37. The molecule has 0 saturated carbocycles. The van der Waals surface area contributed by atoms with E-state index in [2.05, 4.69) is 5.32 Å². The standard InChI is InChI=1S/C19H19Cl2NO4/c1-25-8-7-19(24)22-16-11-13(4-6-18(16)26-2)17(23)10-12-3-5-14(20)15(21)9-12/h3-6,9,11H,7-8,10H2,1-2H3,(H,22,24). The molecular formula is C19H19Cl2NO4. The number of rotatable bonds is 8. The third-order valence-corrected chi connectivity index (χ3v) is 4.42. The first-order chi connectivity index (χ1) is 12.4. The van der Waals surface area contributed by atoms with Gasteiger partial charge in [-0.05, 0) is 35.9 Å². The van der Waals surface area contributed by atoms with Crippen LogP contribution in [0.15, 0.2) is 36.4 Å². The summed E-state index contributed by atoms with van der Waals surface area (Å²) in [5.41, 5.74) is 1.65. The van der Waals surface area contributed by atoms with Crippen molar-refractivity contribution in [1.29, 1.82) is 0 Å². The molecule has 0 aliphatic rings. The minimum atomic E-state index is -0.223. The van der Waals surface area contributed by atoms with Crippen LogP contribution >= 0.6 is 23.2 Å². The summed E-state index contributed by atoms with van der Waals surface area (Å²) in [7, 11) is 3.02. The Hall–Kier alpha value is -2.08. The van der Waals surface area contributed by atoms with Gasteiger partial charge in [-0.15, -0.1) is 0 Å². The first-order valence-electron chi connectivity index (χ1n) is 7.88. The van der Waals surface area contributed by atoms with E-state index in [0.717, 1.165) is 5.56 Å². The SMILES string of the molecule is COCCC(=O)Nc1cc(C(=O)Cc2ccc(Cl)c(Cl)c2)ccc1OC. The van der Waals surface area contributed by atoms with Crippen molar-refractivity contribution in [1.82, 2.24) is 0 Å². The number of anilines is 1. The van der Waals surface area contributed by atoms with Crippen LogP contribution in [-0.2, 0) is 16.0 Å². The van der Waals surface area contributed by atoms with Gasteiger partial charge in [-0.1, -0.05) is 29.3 Å². The molecule has 5 nitrogen and oxygen atoms in total. The summed E-state index contributed by atoms with van der Waals surface area (Å²) >= 11 is 11.9. The van der Waals surface area contributed by atoms with Gasteiger partial charge in [0, 0.05) is 19.1 Å². The Bertz CT molecular complexity index is 808. The highest BCUT2D eigenvalue weighted by molar-refractivity contribution is 6.42. The number of carbonyl (C=O) groups excluding carboxylic acids is 2. The highest BCUT2D eigenvalue weighted by Crippen LogP contribution is 2.27. The van der Waals surface area contributed by atoms with Crippen molar-refractivity contribution < 1.29 is 19.1 Å². The number of benzene rings is 2. The molecule has 1 N–H and O–H groups in total. The van der Waals surface area contributed by atoms with Gasteiger partial charge in [-0.3, -0.25) is 9.59 Å². The van der Waals surface area contributed by atoms with E-state index in [1.54, 1.807) is 36.4 Å². The van der Waals surface area contributed by atoms with E-state index in [1.807, 2.05) is 0 Å². The van der Waals surface area contributed by atoms with Gasteiger partial charge in [0.2, 0.25) is 5.91 Å². The van der Waals surface area contributed by atoms with Gasteiger partial charge in [0.05, 0.1) is 35.9 Å². The van der Waals surface area contributed by atoms with Crippen LogP contribution in [0.2, 0.25) is 10.0 Å². The molecule has 26 heavy (non-hydrogen) atoms. The molecular weight excluding hydrogens is 377 g/mol. The summed E-state index contributed by atoms with van der Waals surface area (Å²) in [6.45, 7) is 0.310. The van der Waals surface area contributed by atoms with Gasteiger partial charge < -0.3 is 14.8 Å². The number of hydrogen-bond donors (Lipinski definition) is 1. The molecule has 2 rings (SSSR count). The lowest BCUT2D eigenvalue weighted by Crippen LogP contribution is -2.15. The number of ether oxygens (including phenoxy) is 2. The van der Waals surface area contributed by atoms with Crippen molar-refractivity contribution in [3.8, 4) is 5.75 Å². The minimum Gasteiger partial charge on any atom is -0.495 e. The number of amides is 1. The fourth-order valence-corrected chi connectivity index (χ4v) is 2.64. The van der Waals surface area contributed by atoms with Crippen LogP contribution in [0.5, 0.6) is 5.75 Å². The van der Waals surface area contributed by atoms with Crippen molar-refractivity contribution in [2.45, 2.75) is 12.8 Å². The van der Waals surface area contributed by atoms with E-state index in [0.29, 0.717) is 33.7 Å². The Kier molecular flexibility index (Phi) is 7.45. The van der Waals surface area contributed by atoms with Gasteiger partial charge in [0.15, 0.2) is 5.78 Å². The van der Waals surface area contributed by atoms with Crippen LogP contribution in [0.3, 0.4) is 0 Å². The maximum absolute atomic E-state index is 12.6. The van der Waals surface area contributed by atoms with E-state index in [9.17, 15) is 9.59 Å². The van der Waals surface area contributed by atoms with Crippen LogP contribution in [-0.4, -0.2) is 32.5 Å². The van der Waals surface area contributed by atoms with E-state index in [-0.39, 0.29) is 24.5 Å². The second-order valence-electron chi connectivity index (χ2n) is 5.55. The zero-order chi connectivity index (χ0) is 19.1. The molecule has 2 aromatic rings. The van der Waals surface area contributed by atoms with Crippen molar-refractivity contribution in [2.75, 3.05) is 26.1 Å². The molecule has 0 aliphatic carbocycles. The van der Waals surface area contributed by atoms with Gasteiger partial charge in [0.1, 0.15) is 5.75 Å². The summed E-state index contributed by atoms with van der Waals surface area (Å²) in [5.74, 6) is 0.138. The molecule has 0 unspecified atom stereocenters. The first-order valence-corrected chi connectivity index (χ1v) is 8.64. The number of hydrogen-bond acceptors (Lipinski definition) is 4. The second kappa shape index (κ2) is 9.57. The Labute approximate surface area is 162 Å². The molecule has 0 radical (unpaired) electrons. The third kappa shape index (κ3) is 5.46. The number of Topliss-reactive ketones (excluding diaryl/α,β-unsaturated/α-hetero) is 1. The molecule has 0 heterocycles. The number of halogens is 2. The molecule has 0 fully saturated rings. The lowest BCUT2D eigenvalue weighted by atomic mass is 10.0. The van der Waals surface area contributed by atoms with E-state index < -0.39 is 0 Å². The monoisotopic (exact) mass is 395 g/mol. The maximum atomic E-state index is 12.6. The summed E-state index contributed by atoms with van der Waals surface area (Å²) in [6.07, 6.45) is 0.376. The third-order valence-electron chi connectivity index (χ3n) is 3.68. The molecule has 0 saturated heterocycles. The van der Waals surface area contributed by atoms with Crippen molar-refractivity contribution in [2.24, 2.45) is 0 Å². The molecule has 0 atom stereocenters. The molecule has 0 bridgehead atoms. The summed E-state index contributed by atoms with van der Waals surface area (Å²) in [6, 6.07) is 9.98. The molecule has 1 amide bonds. The van der Waals surface area contributed by atoms with Gasteiger partial charge in [-0.25, -0.2) is 0 Å². The quantitative estimate of drug-likeness (QED) is 0.672.